The van der Waals surface area contributed by atoms with Crippen molar-refractivity contribution in [2.24, 2.45) is 0 Å². The Bertz CT molecular complexity index is 1200. The van der Waals surface area contributed by atoms with Gasteiger partial charge >= 0.3 is 0 Å². The van der Waals surface area contributed by atoms with Crippen LogP contribution < -0.4 is 5.32 Å². The topological polar surface area (TPSA) is 105 Å². The molecule has 8 nitrogen and oxygen atoms in total. The summed E-state index contributed by atoms with van der Waals surface area (Å²) in [5.74, 6) is -0.344. The van der Waals surface area contributed by atoms with Crippen LogP contribution in [0.5, 0.6) is 0 Å². The Hall–Kier alpha value is -3.81. The van der Waals surface area contributed by atoms with Crippen molar-refractivity contribution in [2.75, 3.05) is 0 Å². The van der Waals surface area contributed by atoms with Gasteiger partial charge in [-0.3, -0.25) is 24.7 Å². The number of carbonyl (C=O) groups excluding carboxylic acids is 3. The first kappa shape index (κ1) is 18.2. The highest BCUT2D eigenvalue weighted by atomic mass is 16.5. The number of aryl methyl sites for hydroxylation is 1. The van der Waals surface area contributed by atoms with Gasteiger partial charge in [0.25, 0.3) is 5.91 Å². The van der Waals surface area contributed by atoms with E-state index in [4.69, 9.17) is 4.52 Å². The summed E-state index contributed by atoms with van der Waals surface area (Å²) < 4.78 is 5.53. The van der Waals surface area contributed by atoms with Crippen LogP contribution in [0.25, 0.3) is 22.7 Å². The Labute approximate surface area is 171 Å². The highest BCUT2D eigenvalue weighted by Gasteiger charge is 2.39. The zero-order valence-electron chi connectivity index (χ0n) is 16.2. The second-order valence-electron chi connectivity index (χ2n) is 7.52. The summed E-state index contributed by atoms with van der Waals surface area (Å²) in [6.07, 6.45) is 2.28. The predicted molar refractivity (Wildman–Crippen MR) is 106 cm³/mol. The molecule has 1 aromatic carbocycles. The fraction of sp³-hybridized carbons (Fsp3) is 0.227. The summed E-state index contributed by atoms with van der Waals surface area (Å²) in [4.78, 5) is 42.3. The maximum Gasteiger partial charge on any atom is 0.255 e. The maximum atomic E-state index is 12.8. The molecular formula is C22H18N4O4. The summed E-state index contributed by atoms with van der Waals surface area (Å²) in [7, 11) is 0. The van der Waals surface area contributed by atoms with Gasteiger partial charge in [-0.1, -0.05) is 17.3 Å². The van der Waals surface area contributed by atoms with Crippen molar-refractivity contribution in [3.8, 4) is 22.7 Å². The predicted octanol–water partition coefficient (Wildman–Crippen LogP) is 2.47. The van der Waals surface area contributed by atoms with E-state index in [2.05, 4.69) is 15.5 Å². The summed E-state index contributed by atoms with van der Waals surface area (Å²) in [5, 5.41) is 6.45. The zero-order chi connectivity index (χ0) is 20.8. The lowest BCUT2D eigenvalue weighted by Crippen LogP contribution is -2.52. The molecule has 0 bridgehead atoms. The lowest BCUT2D eigenvalue weighted by atomic mass is 10.0. The molecule has 3 aromatic rings. The molecule has 0 radical (unpaired) electrons. The average Bonchev–Trinajstić information content (AvgIpc) is 3.34. The van der Waals surface area contributed by atoms with Crippen molar-refractivity contribution in [3.05, 3.63) is 59.3 Å². The van der Waals surface area contributed by atoms with E-state index in [0.717, 1.165) is 22.4 Å². The molecule has 1 fully saturated rings. The van der Waals surface area contributed by atoms with Crippen LogP contribution in [0, 0.1) is 6.92 Å². The molecule has 2 aromatic heterocycles. The Kier molecular flexibility index (Phi) is 4.20. The van der Waals surface area contributed by atoms with E-state index < -0.39 is 11.9 Å². The number of hydrogen-bond acceptors (Lipinski definition) is 6. The Balaban J connectivity index is 1.42. The summed E-state index contributed by atoms with van der Waals surface area (Å²) in [6.45, 7) is 2.27. The van der Waals surface area contributed by atoms with Crippen LogP contribution in [0.2, 0.25) is 0 Å². The van der Waals surface area contributed by atoms with Crippen LogP contribution in [0.15, 0.2) is 47.1 Å². The van der Waals surface area contributed by atoms with E-state index in [1.807, 2.05) is 31.2 Å². The minimum atomic E-state index is -0.630. The van der Waals surface area contributed by atoms with Crippen molar-refractivity contribution in [1.82, 2.24) is 20.4 Å². The number of carbonyl (C=O) groups is 3. The second-order valence-corrected chi connectivity index (χ2v) is 7.52. The number of amides is 3. The summed E-state index contributed by atoms with van der Waals surface area (Å²) >= 11 is 0. The van der Waals surface area contributed by atoms with Crippen LogP contribution in [-0.4, -0.2) is 38.8 Å². The number of piperidine rings is 1. The number of pyridine rings is 1. The second kappa shape index (κ2) is 6.91. The molecule has 1 N–H and O–H groups in total. The van der Waals surface area contributed by atoms with Gasteiger partial charge in [-0.05, 0) is 42.7 Å². The minimum Gasteiger partial charge on any atom is -0.356 e. The summed E-state index contributed by atoms with van der Waals surface area (Å²) in [6, 6.07) is 10.5. The molecule has 3 amide bonds. The standard InChI is InChI=1S/C22H18N4O4/c1-12-3-2-8-23-20(12)16-10-18(30-25-16)13-4-5-15-14(9-13)11-26(22(15)29)17-6-7-19(27)24-21(17)28/h2-5,8-10,17H,6-7,11H2,1H3,(H,24,27,28). The third-order valence-electron chi connectivity index (χ3n) is 5.57. The zero-order valence-corrected chi connectivity index (χ0v) is 16.2. The first-order valence-corrected chi connectivity index (χ1v) is 9.68. The van der Waals surface area contributed by atoms with Gasteiger partial charge in [0.1, 0.15) is 11.7 Å². The van der Waals surface area contributed by atoms with Gasteiger partial charge in [0.15, 0.2) is 5.76 Å². The van der Waals surface area contributed by atoms with Crippen molar-refractivity contribution in [1.29, 1.82) is 0 Å². The number of nitrogens with one attached hydrogen (secondary N) is 1. The van der Waals surface area contributed by atoms with Crippen LogP contribution in [0.1, 0.15) is 34.3 Å². The van der Waals surface area contributed by atoms with E-state index >= 15 is 0 Å². The summed E-state index contributed by atoms with van der Waals surface area (Å²) in [5.41, 5.74) is 4.56. The lowest BCUT2D eigenvalue weighted by Gasteiger charge is -2.29. The molecule has 0 saturated carbocycles. The van der Waals surface area contributed by atoms with Gasteiger partial charge in [-0.15, -0.1) is 0 Å². The largest absolute Gasteiger partial charge is 0.356 e. The molecule has 4 heterocycles. The van der Waals surface area contributed by atoms with Gasteiger partial charge in [-0.2, -0.15) is 0 Å². The van der Waals surface area contributed by atoms with Gasteiger partial charge in [0.2, 0.25) is 11.8 Å². The third kappa shape index (κ3) is 2.97. The van der Waals surface area contributed by atoms with Gasteiger partial charge in [0.05, 0.1) is 5.69 Å². The van der Waals surface area contributed by atoms with Crippen molar-refractivity contribution in [3.63, 3.8) is 0 Å². The van der Waals surface area contributed by atoms with E-state index in [-0.39, 0.29) is 18.2 Å². The molecule has 1 unspecified atom stereocenters. The first-order valence-electron chi connectivity index (χ1n) is 9.68. The number of aromatic nitrogens is 2. The van der Waals surface area contributed by atoms with E-state index in [1.165, 1.54) is 4.90 Å². The van der Waals surface area contributed by atoms with Crippen LogP contribution in [-0.2, 0) is 16.1 Å². The monoisotopic (exact) mass is 402 g/mol. The number of rotatable bonds is 3. The molecule has 150 valence electrons. The highest BCUT2D eigenvalue weighted by Crippen LogP contribution is 2.32. The van der Waals surface area contributed by atoms with Gasteiger partial charge in [-0.25, -0.2) is 0 Å². The molecule has 0 aliphatic carbocycles. The molecule has 1 saturated heterocycles. The number of nitrogens with zero attached hydrogens (tertiary/aromatic N) is 3. The number of imide groups is 1. The fourth-order valence-electron chi connectivity index (χ4n) is 4.00. The SMILES string of the molecule is Cc1cccnc1-c1cc(-c2ccc3c(c2)CN(C2CCC(=O)NC2=O)C3=O)on1. The molecule has 2 aliphatic heterocycles. The quantitative estimate of drug-likeness (QED) is 0.675. The number of hydrogen-bond donors (Lipinski definition) is 1. The normalized spacial score (nSPS) is 18.5. The van der Waals surface area contributed by atoms with Crippen LogP contribution >= 0.6 is 0 Å². The van der Waals surface area contributed by atoms with Gasteiger partial charge < -0.3 is 9.42 Å². The lowest BCUT2D eigenvalue weighted by molar-refractivity contribution is -0.136. The Morgan fingerprint density at radius 1 is 1.17 bits per heavy atom. The number of fused-ring (bicyclic) bond motifs is 1. The molecule has 5 rings (SSSR count). The molecule has 1 atom stereocenters. The van der Waals surface area contributed by atoms with Gasteiger partial charge in [0, 0.05) is 36.4 Å². The fourth-order valence-corrected chi connectivity index (χ4v) is 4.00. The van der Waals surface area contributed by atoms with Crippen molar-refractivity contribution in [2.45, 2.75) is 32.4 Å². The molecule has 30 heavy (non-hydrogen) atoms. The Morgan fingerprint density at radius 2 is 2.03 bits per heavy atom. The van der Waals surface area contributed by atoms with E-state index in [9.17, 15) is 14.4 Å². The molecule has 0 spiro atoms. The third-order valence-corrected chi connectivity index (χ3v) is 5.57. The van der Waals surface area contributed by atoms with Crippen LogP contribution in [0.3, 0.4) is 0 Å². The average molecular weight is 402 g/mol. The molecular weight excluding hydrogens is 384 g/mol. The van der Waals surface area contributed by atoms with Crippen molar-refractivity contribution >= 4 is 17.7 Å². The maximum absolute atomic E-state index is 12.8. The minimum absolute atomic E-state index is 0.201. The molecule has 8 heteroatoms. The van der Waals surface area contributed by atoms with Crippen LogP contribution in [0.4, 0.5) is 0 Å². The van der Waals surface area contributed by atoms with E-state index in [1.54, 1.807) is 18.3 Å². The smallest absolute Gasteiger partial charge is 0.255 e. The van der Waals surface area contributed by atoms with E-state index in [0.29, 0.717) is 30.0 Å². The van der Waals surface area contributed by atoms with Crippen molar-refractivity contribution < 1.29 is 18.9 Å². The highest BCUT2D eigenvalue weighted by molar-refractivity contribution is 6.05. The Morgan fingerprint density at radius 3 is 2.83 bits per heavy atom. The first-order chi connectivity index (χ1) is 14.5. The number of benzene rings is 1. The molecule has 2 aliphatic rings.